The number of benzene rings is 1. The van der Waals surface area contributed by atoms with Gasteiger partial charge in [0.2, 0.25) is 0 Å². The van der Waals surface area contributed by atoms with Crippen LogP contribution in [0.2, 0.25) is 0 Å². The second-order valence-corrected chi connectivity index (χ2v) is 4.62. The molecule has 0 saturated carbocycles. The van der Waals surface area contributed by atoms with Gasteiger partial charge in [0.05, 0.1) is 10.2 Å². The second kappa shape index (κ2) is 3.46. The molecule has 84 valence electrons. The van der Waals surface area contributed by atoms with E-state index in [9.17, 15) is 9.59 Å². The lowest BCUT2D eigenvalue weighted by atomic mass is 10.3. The lowest BCUT2D eigenvalue weighted by Crippen LogP contribution is -2.34. The smallest absolute Gasteiger partial charge is 0.267 e. The molecule has 0 N–H and O–H groups in total. The zero-order chi connectivity index (χ0) is 12.0. The van der Waals surface area contributed by atoms with E-state index < -0.39 is 11.2 Å². The maximum absolute atomic E-state index is 11.9. The molecular formula is C11H7N3O2S. The molecule has 6 heteroatoms. The maximum atomic E-state index is 11.9. The standard InChI is InChI=1S/C11H7N3O2S/c1-14-10(15)8-9(13-11(14)16)17-7-5-3-2-4-6(7)12-8/h2-5H,1H3. The highest BCUT2D eigenvalue weighted by Crippen LogP contribution is 2.25. The van der Waals surface area contributed by atoms with Gasteiger partial charge in [0, 0.05) is 7.05 Å². The summed E-state index contributed by atoms with van der Waals surface area (Å²) >= 11 is 1.30. The summed E-state index contributed by atoms with van der Waals surface area (Å²) in [5.41, 5.74) is 0.0381. The van der Waals surface area contributed by atoms with Crippen molar-refractivity contribution < 1.29 is 0 Å². The lowest BCUT2D eigenvalue weighted by molar-refractivity contribution is 0.776. The molecule has 0 aliphatic carbocycles. The largest absolute Gasteiger partial charge is 0.351 e. The van der Waals surface area contributed by atoms with Crippen molar-refractivity contribution in [2.45, 2.75) is 0 Å². The van der Waals surface area contributed by atoms with Crippen molar-refractivity contribution in [3.05, 3.63) is 45.1 Å². The first-order valence-corrected chi connectivity index (χ1v) is 5.75. The van der Waals surface area contributed by atoms with Crippen molar-refractivity contribution in [2.75, 3.05) is 0 Å². The second-order valence-electron chi connectivity index (χ2n) is 3.59. The molecule has 17 heavy (non-hydrogen) atoms. The van der Waals surface area contributed by atoms with E-state index in [1.54, 1.807) is 0 Å². The molecule has 0 spiro atoms. The molecule has 0 unspecified atom stereocenters. The normalized spacial score (nSPS) is 11.1. The SMILES string of the molecule is Cn1c(=O)nc2sc3ccccc3nc-2c1=O. The first-order chi connectivity index (χ1) is 8.16. The molecule has 0 amide bonds. The summed E-state index contributed by atoms with van der Waals surface area (Å²) in [5, 5.41) is 0.386. The van der Waals surface area contributed by atoms with E-state index in [2.05, 4.69) is 9.97 Å². The molecule has 2 aliphatic rings. The Morgan fingerprint density at radius 1 is 1.18 bits per heavy atom. The van der Waals surface area contributed by atoms with Gasteiger partial charge in [-0.15, -0.1) is 11.3 Å². The summed E-state index contributed by atoms with van der Waals surface area (Å²) in [7, 11) is 1.40. The molecule has 2 aliphatic heterocycles. The Kier molecular flexibility index (Phi) is 2.05. The van der Waals surface area contributed by atoms with E-state index in [1.165, 1.54) is 18.4 Å². The number of para-hydroxylation sites is 1. The fourth-order valence-electron chi connectivity index (χ4n) is 1.58. The van der Waals surface area contributed by atoms with Crippen LogP contribution in [0.15, 0.2) is 33.9 Å². The van der Waals surface area contributed by atoms with Crippen LogP contribution in [0.5, 0.6) is 0 Å². The molecule has 2 heterocycles. The molecule has 5 nitrogen and oxygen atoms in total. The minimum Gasteiger partial charge on any atom is -0.267 e. The van der Waals surface area contributed by atoms with Gasteiger partial charge in [-0.2, -0.15) is 4.98 Å². The van der Waals surface area contributed by atoms with Gasteiger partial charge >= 0.3 is 5.69 Å². The molecule has 3 rings (SSSR count). The van der Waals surface area contributed by atoms with Gasteiger partial charge in [-0.25, -0.2) is 9.78 Å². The topological polar surface area (TPSA) is 64.8 Å². The Labute approximate surface area is 99.4 Å². The Bertz CT molecular complexity index is 806. The summed E-state index contributed by atoms with van der Waals surface area (Å²) in [6, 6.07) is 7.45. The molecule has 1 aromatic carbocycles. The van der Waals surface area contributed by atoms with Crippen LogP contribution in [-0.4, -0.2) is 14.5 Å². The Morgan fingerprint density at radius 2 is 1.94 bits per heavy atom. The number of nitrogens with zero attached hydrogens (tertiary/aromatic N) is 3. The van der Waals surface area contributed by atoms with Gasteiger partial charge in [0.15, 0.2) is 10.7 Å². The van der Waals surface area contributed by atoms with Crippen LogP contribution < -0.4 is 11.2 Å². The van der Waals surface area contributed by atoms with Crippen molar-refractivity contribution in [1.82, 2.24) is 14.5 Å². The average Bonchev–Trinajstić information content (AvgIpc) is 2.34. The fraction of sp³-hybridized carbons (Fsp3) is 0.0909. The quantitative estimate of drug-likeness (QED) is 0.551. The van der Waals surface area contributed by atoms with Gasteiger partial charge in [0.25, 0.3) is 5.56 Å². The number of aromatic nitrogens is 3. The zero-order valence-corrected chi connectivity index (χ0v) is 9.69. The maximum Gasteiger partial charge on any atom is 0.351 e. The number of hydrogen-bond acceptors (Lipinski definition) is 5. The molecule has 1 aromatic rings. The van der Waals surface area contributed by atoms with Crippen LogP contribution in [-0.2, 0) is 7.05 Å². The Morgan fingerprint density at radius 3 is 2.76 bits per heavy atom. The third kappa shape index (κ3) is 1.45. The van der Waals surface area contributed by atoms with Crippen LogP contribution in [0.4, 0.5) is 0 Å². The molecule has 0 atom stereocenters. The van der Waals surface area contributed by atoms with E-state index >= 15 is 0 Å². The van der Waals surface area contributed by atoms with Gasteiger partial charge in [-0.1, -0.05) is 12.1 Å². The molecule has 0 saturated heterocycles. The predicted molar refractivity (Wildman–Crippen MR) is 65.5 cm³/mol. The van der Waals surface area contributed by atoms with Crippen molar-refractivity contribution in [3.63, 3.8) is 0 Å². The van der Waals surface area contributed by atoms with Crippen molar-refractivity contribution in [1.29, 1.82) is 0 Å². The summed E-state index contributed by atoms with van der Waals surface area (Å²) < 4.78 is 1.87. The summed E-state index contributed by atoms with van der Waals surface area (Å²) in [4.78, 5) is 31.4. The average molecular weight is 245 g/mol. The third-order valence-electron chi connectivity index (χ3n) is 2.50. The third-order valence-corrected chi connectivity index (χ3v) is 3.54. The minimum atomic E-state index is -0.546. The van der Waals surface area contributed by atoms with E-state index in [0.717, 1.165) is 14.8 Å². The molecule has 0 aromatic heterocycles. The van der Waals surface area contributed by atoms with Gasteiger partial charge < -0.3 is 0 Å². The highest BCUT2D eigenvalue weighted by molar-refractivity contribution is 7.21. The van der Waals surface area contributed by atoms with Gasteiger partial charge in [0.1, 0.15) is 0 Å². The van der Waals surface area contributed by atoms with E-state index in [0.29, 0.717) is 5.01 Å². The van der Waals surface area contributed by atoms with Crippen molar-refractivity contribution in [3.8, 4) is 10.7 Å². The van der Waals surface area contributed by atoms with E-state index in [4.69, 9.17) is 0 Å². The van der Waals surface area contributed by atoms with Crippen LogP contribution >= 0.6 is 11.3 Å². The van der Waals surface area contributed by atoms with Crippen LogP contribution in [0.25, 0.3) is 20.9 Å². The van der Waals surface area contributed by atoms with E-state index in [-0.39, 0.29) is 5.69 Å². The van der Waals surface area contributed by atoms with Crippen LogP contribution in [0.3, 0.4) is 0 Å². The number of rotatable bonds is 0. The number of hydrogen-bond donors (Lipinski definition) is 0. The molecular weight excluding hydrogens is 238 g/mol. The van der Waals surface area contributed by atoms with Crippen LogP contribution in [0, 0.1) is 0 Å². The molecule has 0 radical (unpaired) electrons. The minimum absolute atomic E-state index is 0.246. The summed E-state index contributed by atoms with van der Waals surface area (Å²) in [5.74, 6) is 0. The Balaban J connectivity index is 2.58. The molecule has 0 fully saturated rings. The number of fused-ring (bicyclic) bond motifs is 2. The predicted octanol–water partition coefficient (Wildman–Crippen LogP) is 0.855. The monoisotopic (exact) mass is 245 g/mol. The van der Waals surface area contributed by atoms with Crippen molar-refractivity contribution >= 4 is 21.6 Å². The first-order valence-electron chi connectivity index (χ1n) is 4.93. The van der Waals surface area contributed by atoms with Crippen LogP contribution in [0.1, 0.15) is 0 Å². The van der Waals surface area contributed by atoms with Gasteiger partial charge in [-0.05, 0) is 12.1 Å². The summed E-state index contributed by atoms with van der Waals surface area (Å²) in [6.45, 7) is 0. The van der Waals surface area contributed by atoms with Crippen molar-refractivity contribution in [2.24, 2.45) is 7.05 Å². The Hall–Kier alpha value is -2.08. The fourth-order valence-corrected chi connectivity index (χ4v) is 2.51. The highest BCUT2D eigenvalue weighted by Gasteiger charge is 2.15. The zero-order valence-electron chi connectivity index (χ0n) is 8.88. The highest BCUT2D eigenvalue weighted by atomic mass is 32.1. The molecule has 0 bridgehead atoms. The summed E-state index contributed by atoms with van der Waals surface area (Å²) in [6.07, 6.45) is 0. The first kappa shape index (κ1) is 10.1. The van der Waals surface area contributed by atoms with E-state index in [1.807, 2.05) is 24.3 Å². The van der Waals surface area contributed by atoms with Gasteiger partial charge in [-0.3, -0.25) is 9.36 Å². The lowest BCUT2D eigenvalue weighted by Gasteiger charge is -2.04.